The Morgan fingerprint density at radius 3 is 2.70 bits per heavy atom. The number of imidazole rings is 1. The van der Waals surface area contributed by atoms with Gasteiger partial charge >= 0.3 is 0 Å². The van der Waals surface area contributed by atoms with Crippen LogP contribution in [0.5, 0.6) is 0 Å². The molecule has 0 radical (unpaired) electrons. The number of methoxy groups -OCH3 is 1. The number of carbonyl (C=O) groups excluding carboxylic acids is 2. The first-order chi connectivity index (χ1) is 21.3. The lowest BCUT2D eigenvalue weighted by Gasteiger charge is -2.33. The van der Waals surface area contributed by atoms with Gasteiger partial charge in [0.25, 0.3) is 0 Å². The van der Waals surface area contributed by atoms with Crippen molar-refractivity contribution in [2.75, 3.05) is 38.8 Å². The lowest BCUT2D eigenvalue weighted by molar-refractivity contribution is -0.132. The van der Waals surface area contributed by atoms with Crippen molar-refractivity contribution in [3.05, 3.63) is 83.2 Å². The van der Waals surface area contributed by atoms with E-state index in [1.807, 2.05) is 18.0 Å². The summed E-state index contributed by atoms with van der Waals surface area (Å²) in [5.74, 6) is 1.52. The van der Waals surface area contributed by atoms with Crippen LogP contribution in [0.1, 0.15) is 54.1 Å². The van der Waals surface area contributed by atoms with E-state index < -0.39 is 0 Å². The molecule has 2 N–H and O–H groups in total. The number of likely N-dealkylation sites (tertiary alicyclic amines) is 1. The lowest BCUT2D eigenvalue weighted by Crippen LogP contribution is -2.42. The molecular weight excluding hydrogens is 550 g/mol. The first-order valence-electron chi connectivity index (χ1n) is 15.8. The molecule has 2 amide bonds. The van der Waals surface area contributed by atoms with Crippen LogP contribution in [0.3, 0.4) is 0 Å². The Hall–Kier alpha value is -4.01. The molecule has 2 aliphatic rings. The molecule has 0 aliphatic carbocycles. The number of benzene rings is 3. The molecule has 8 nitrogen and oxygen atoms in total. The molecule has 3 heterocycles. The minimum Gasteiger partial charge on any atom is -0.385 e. The molecule has 1 aromatic heterocycles. The normalized spacial score (nSPS) is 17.4. The Balaban J connectivity index is 1.08. The number of anilines is 1. The number of hydrogen-bond donors (Lipinski definition) is 1. The number of carbonyl (C=O) groups is 2. The Morgan fingerprint density at radius 1 is 1.11 bits per heavy atom. The zero-order valence-corrected chi connectivity index (χ0v) is 26.1. The Kier molecular flexibility index (Phi) is 8.82. The van der Waals surface area contributed by atoms with Crippen LogP contribution in [-0.2, 0) is 33.7 Å². The van der Waals surface area contributed by atoms with Gasteiger partial charge in [-0.2, -0.15) is 0 Å². The molecule has 0 bridgehead atoms. The summed E-state index contributed by atoms with van der Waals surface area (Å²) in [4.78, 5) is 34.4. The highest BCUT2D eigenvalue weighted by atomic mass is 16.5. The number of piperidine rings is 1. The zero-order chi connectivity index (χ0) is 30.8. The fourth-order valence-electron chi connectivity index (χ4n) is 6.84. The molecule has 44 heavy (non-hydrogen) atoms. The smallest absolute Gasteiger partial charge is 0.231 e. The van der Waals surface area contributed by atoms with Crippen molar-refractivity contribution >= 4 is 28.5 Å². The molecule has 230 valence electrons. The van der Waals surface area contributed by atoms with Crippen molar-refractivity contribution in [2.45, 2.75) is 64.0 Å². The van der Waals surface area contributed by atoms with Crippen molar-refractivity contribution < 1.29 is 14.3 Å². The third kappa shape index (κ3) is 6.14. The second-order valence-corrected chi connectivity index (χ2v) is 12.4. The first-order valence-corrected chi connectivity index (χ1v) is 15.8. The summed E-state index contributed by atoms with van der Waals surface area (Å²) < 4.78 is 7.67. The average Bonchev–Trinajstić information content (AvgIpc) is 3.54. The maximum atomic E-state index is 13.5. The second kappa shape index (κ2) is 12.9. The standard InChI is InChI=1S/C36H43N5O3/c1-24-7-4-9-32-35(24)38-36(41(32)17-6-18-44-3)28-8-5-16-40(23-28)34(43)22-30(37)19-25-10-12-26(13-11-25)27-14-15-31-29(20-27)21-33(42)39(31)2/h4,7,9-15,20,28,30H,5-6,8,16-19,21-23,37H2,1-3H3/t28-,30-/m1/s1. The van der Waals surface area contributed by atoms with Gasteiger partial charge in [0.15, 0.2) is 0 Å². The van der Waals surface area contributed by atoms with Gasteiger partial charge < -0.3 is 24.8 Å². The Bertz CT molecular complexity index is 1660. The van der Waals surface area contributed by atoms with Crippen molar-refractivity contribution in [2.24, 2.45) is 5.73 Å². The molecule has 2 atom stereocenters. The number of nitrogens with two attached hydrogens (primary N) is 1. The van der Waals surface area contributed by atoms with E-state index in [-0.39, 0.29) is 23.8 Å². The second-order valence-electron chi connectivity index (χ2n) is 12.4. The molecule has 3 aromatic carbocycles. The number of aromatic nitrogens is 2. The highest BCUT2D eigenvalue weighted by Crippen LogP contribution is 2.33. The fourth-order valence-corrected chi connectivity index (χ4v) is 6.84. The van der Waals surface area contributed by atoms with Crippen molar-refractivity contribution in [3.8, 4) is 11.1 Å². The largest absolute Gasteiger partial charge is 0.385 e. The van der Waals surface area contributed by atoms with Crippen LogP contribution in [-0.4, -0.2) is 66.2 Å². The molecular formula is C36H43N5O3. The van der Waals surface area contributed by atoms with E-state index in [4.69, 9.17) is 15.5 Å². The predicted molar refractivity (Wildman–Crippen MR) is 175 cm³/mol. The third-order valence-electron chi connectivity index (χ3n) is 9.26. The quantitative estimate of drug-likeness (QED) is 0.254. The van der Waals surface area contributed by atoms with Gasteiger partial charge in [0.05, 0.1) is 17.5 Å². The highest BCUT2D eigenvalue weighted by molar-refractivity contribution is 6.01. The van der Waals surface area contributed by atoms with Gasteiger partial charge in [0.2, 0.25) is 11.8 Å². The maximum absolute atomic E-state index is 13.5. The van der Waals surface area contributed by atoms with Gasteiger partial charge in [0.1, 0.15) is 5.82 Å². The van der Waals surface area contributed by atoms with E-state index >= 15 is 0 Å². The molecule has 6 rings (SSSR count). The van der Waals surface area contributed by atoms with Gasteiger partial charge in [0, 0.05) is 64.5 Å². The number of amides is 2. The van der Waals surface area contributed by atoms with Crippen molar-refractivity contribution in [1.29, 1.82) is 0 Å². The first kappa shape index (κ1) is 30.0. The summed E-state index contributed by atoms with van der Waals surface area (Å²) in [5, 5.41) is 0. The van der Waals surface area contributed by atoms with Crippen LogP contribution in [0.4, 0.5) is 5.69 Å². The molecule has 0 saturated carbocycles. The topological polar surface area (TPSA) is 93.7 Å². The van der Waals surface area contributed by atoms with Gasteiger partial charge in [-0.15, -0.1) is 0 Å². The summed E-state index contributed by atoms with van der Waals surface area (Å²) >= 11 is 0. The van der Waals surface area contributed by atoms with Crippen molar-refractivity contribution in [1.82, 2.24) is 14.5 Å². The van der Waals surface area contributed by atoms with Crippen LogP contribution in [0.2, 0.25) is 0 Å². The number of aryl methyl sites for hydroxylation is 2. The van der Waals surface area contributed by atoms with Crippen LogP contribution in [0.25, 0.3) is 22.2 Å². The summed E-state index contributed by atoms with van der Waals surface area (Å²) in [6, 6.07) is 20.7. The summed E-state index contributed by atoms with van der Waals surface area (Å²) in [7, 11) is 3.56. The van der Waals surface area contributed by atoms with Crippen LogP contribution < -0.4 is 10.6 Å². The number of fused-ring (bicyclic) bond motifs is 2. The molecule has 1 saturated heterocycles. The minimum absolute atomic E-state index is 0.120. The summed E-state index contributed by atoms with van der Waals surface area (Å²) in [5.41, 5.74) is 15.3. The summed E-state index contributed by atoms with van der Waals surface area (Å²) in [6.07, 6.45) is 4.31. The molecule has 1 fully saturated rings. The number of hydrogen-bond acceptors (Lipinski definition) is 5. The van der Waals surface area contributed by atoms with Gasteiger partial charge in [-0.3, -0.25) is 9.59 Å². The monoisotopic (exact) mass is 593 g/mol. The Morgan fingerprint density at radius 2 is 1.91 bits per heavy atom. The van der Waals surface area contributed by atoms with E-state index in [1.54, 1.807) is 12.0 Å². The van der Waals surface area contributed by atoms with Gasteiger partial charge in [-0.25, -0.2) is 4.98 Å². The Labute approximate surface area is 259 Å². The highest BCUT2D eigenvalue weighted by Gasteiger charge is 2.29. The van der Waals surface area contributed by atoms with E-state index in [9.17, 15) is 9.59 Å². The van der Waals surface area contributed by atoms with E-state index in [1.165, 1.54) is 5.56 Å². The van der Waals surface area contributed by atoms with E-state index in [0.717, 1.165) is 77.2 Å². The number of rotatable bonds is 10. The summed E-state index contributed by atoms with van der Waals surface area (Å²) in [6.45, 7) is 5.10. The number of likely N-dealkylation sites (N-methyl/N-ethyl adjacent to an activating group) is 1. The maximum Gasteiger partial charge on any atom is 0.231 e. The number of ether oxygens (including phenoxy) is 1. The SMILES string of the molecule is COCCCn1c([C@@H]2CCCN(C(=O)C[C@H](N)Cc3ccc(-c4ccc5c(c4)CC(=O)N5C)cc3)C2)nc2c(C)cccc21. The molecule has 0 unspecified atom stereocenters. The lowest BCUT2D eigenvalue weighted by atomic mass is 9.95. The van der Waals surface area contributed by atoms with Crippen LogP contribution in [0.15, 0.2) is 60.7 Å². The van der Waals surface area contributed by atoms with E-state index in [2.05, 4.69) is 66.1 Å². The average molecular weight is 594 g/mol. The number of para-hydroxylation sites is 1. The van der Waals surface area contributed by atoms with Gasteiger partial charge in [-0.1, -0.05) is 42.5 Å². The molecule has 2 aliphatic heterocycles. The van der Waals surface area contributed by atoms with Crippen LogP contribution in [0, 0.1) is 6.92 Å². The predicted octanol–water partition coefficient (Wildman–Crippen LogP) is 5.23. The molecule has 8 heteroatoms. The van der Waals surface area contributed by atoms with E-state index in [0.29, 0.717) is 32.4 Å². The van der Waals surface area contributed by atoms with Crippen LogP contribution >= 0.6 is 0 Å². The fraction of sp³-hybridized carbons (Fsp3) is 0.417. The zero-order valence-electron chi connectivity index (χ0n) is 26.1. The minimum atomic E-state index is -0.253. The number of nitrogens with zero attached hydrogens (tertiary/aromatic N) is 4. The van der Waals surface area contributed by atoms with Gasteiger partial charge in [-0.05, 0) is 78.6 Å². The molecule has 0 spiro atoms. The van der Waals surface area contributed by atoms with Crippen molar-refractivity contribution in [3.63, 3.8) is 0 Å². The third-order valence-corrected chi connectivity index (χ3v) is 9.26. The molecule has 4 aromatic rings.